The standard InChI is InChI=1S/C14H18BrClN2O/c1-18-7-3-2-4-11(18)9-17-14(19)12-8-10(15)5-6-13(12)16/h5-6,8,11H,2-4,7,9H2,1H3,(H,17,19). The van der Waals surface area contributed by atoms with Crippen LogP contribution in [0.1, 0.15) is 29.6 Å². The lowest BCUT2D eigenvalue weighted by Gasteiger charge is -2.32. The van der Waals surface area contributed by atoms with Crippen molar-refractivity contribution >= 4 is 33.4 Å². The highest BCUT2D eigenvalue weighted by molar-refractivity contribution is 9.10. The van der Waals surface area contributed by atoms with E-state index in [9.17, 15) is 4.79 Å². The zero-order valence-electron chi connectivity index (χ0n) is 11.0. The van der Waals surface area contributed by atoms with Gasteiger partial charge in [0.2, 0.25) is 0 Å². The first-order chi connectivity index (χ1) is 9.08. The Bertz CT molecular complexity index is 467. The van der Waals surface area contributed by atoms with Crippen molar-refractivity contribution in [3.8, 4) is 0 Å². The fraction of sp³-hybridized carbons (Fsp3) is 0.500. The highest BCUT2D eigenvalue weighted by atomic mass is 79.9. The number of rotatable bonds is 3. The number of amides is 1. The molecule has 19 heavy (non-hydrogen) atoms. The van der Waals surface area contributed by atoms with E-state index in [0.29, 0.717) is 23.2 Å². The number of benzene rings is 1. The number of hydrogen-bond acceptors (Lipinski definition) is 2. The van der Waals surface area contributed by atoms with Gasteiger partial charge in [0.25, 0.3) is 5.91 Å². The molecule has 5 heteroatoms. The van der Waals surface area contributed by atoms with Gasteiger partial charge in [-0.1, -0.05) is 34.0 Å². The lowest BCUT2D eigenvalue weighted by atomic mass is 10.0. The van der Waals surface area contributed by atoms with E-state index in [2.05, 4.69) is 33.2 Å². The van der Waals surface area contributed by atoms with E-state index < -0.39 is 0 Å². The van der Waals surface area contributed by atoms with Crippen LogP contribution >= 0.6 is 27.5 Å². The number of nitrogens with one attached hydrogen (secondary N) is 1. The van der Waals surface area contributed by atoms with Crippen molar-refractivity contribution in [3.63, 3.8) is 0 Å². The third-order valence-corrected chi connectivity index (χ3v) is 4.42. The normalized spacial score (nSPS) is 20.3. The van der Waals surface area contributed by atoms with E-state index in [1.54, 1.807) is 12.1 Å². The minimum atomic E-state index is -0.106. The number of likely N-dealkylation sites (N-methyl/N-ethyl adjacent to an activating group) is 1. The molecule has 1 aromatic rings. The highest BCUT2D eigenvalue weighted by Crippen LogP contribution is 2.21. The lowest BCUT2D eigenvalue weighted by Crippen LogP contribution is -2.44. The van der Waals surface area contributed by atoms with Crippen molar-refractivity contribution in [1.29, 1.82) is 0 Å². The summed E-state index contributed by atoms with van der Waals surface area (Å²) in [5.74, 6) is -0.106. The average molecular weight is 346 g/mol. The maximum Gasteiger partial charge on any atom is 0.252 e. The maximum atomic E-state index is 12.1. The van der Waals surface area contributed by atoms with E-state index in [1.807, 2.05) is 6.07 Å². The third-order valence-electron chi connectivity index (χ3n) is 3.59. The molecule has 1 fully saturated rings. The summed E-state index contributed by atoms with van der Waals surface area (Å²) in [4.78, 5) is 14.4. The molecule has 2 rings (SSSR count). The van der Waals surface area contributed by atoms with Crippen molar-refractivity contribution in [2.75, 3.05) is 20.1 Å². The van der Waals surface area contributed by atoms with Crippen LogP contribution in [0.15, 0.2) is 22.7 Å². The Balaban J connectivity index is 1.95. The van der Waals surface area contributed by atoms with Crippen LogP contribution in [0, 0.1) is 0 Å². The molecule has 104 valence electrons. The molecule has 1 aromatic carbocycles. The van der Waals surface area contributed by atoms with Crippen LogP contribution in [0.5, 0.6) is 0 Å². The molecular weight excluding hydrogens is 328 g/mol. The molecule has 1 aliphatic rings. The van der Waals surface area contributed by atoms with Crippen LogP contribution in [0.25, 0.3) is 0 Å². The molecule has 1 atom stereocenters. The van der Waals surface area contributed by atoms with Crippen LogP contribution in [0.3, 0.4) is 0 Å². The van der Waals surface area contributed by atoms with Crippen molar-refractivity contribution in [3.05, 3.63) is 33.3 Å². The molecule has 0 bridgehead atoms. The summed E-state index contributed by atoms with van der Waals surface area (Å²) in [6, 6.07) is 5.74. The first-order valence-corrected chi connectivity index (χ1v) is 7.68. The summed E-state index contributed by atoms with van der Waals surface area (Å²) < 4.78 is 0.858. The van der Waals surface area contributed by atoms with Crippen LogP contribution < -0.4 is 5.32 Å². The summed E-state index contributed by atoms with van der Waals surface area (Å²) >= 11 is 9.40. The molecule has 0 aliphatic carbocycles. The van der Waals surface area contributed by atoms with Gasteiger partial charge in [-0.15, -0.1) is 0 Å². The molecule has 0 spiro atoms. The second kappa shape index (κ2) is 6.73. The molecule has 0 aromatic heterocycles. The molecule has 1 N–H and O–H groups in total. The molecule has 1 aliphatic heterocycles. The first kappa shape index (κ1) is 14.8. The first-order valence-electron chi connectivity index (χ1n) is 6.51. The molecule has 1 unspecified atom stereocenters. The summed E-state index contributed by atoms with van der Waals surface area (Å²) in [5, 5.41) is 3.47. The molecule has 1 saturated heterocycles. The van der Waals surface area contributed by atoms with Crippen molar-refractivity contribution in [2.45, 2.75) is 25.3 Å². The summed E-state index contributed by atoms with van der Waals surface area (Å²) in [6.45, 7) is 1.79. The summed E-state index contributed by atoms with van der Waals surface area (Å²) in [5.41, 5.74) is 0.523. The maximum absolute atomic E-state index is 12.1. The van der Waals surface area contributed by atoms with Crippen LogP contribution in [0.4, 0.5) is 0 Å². The van der Waals surface area contributed by atoms with E-state index in [-0.39, 0.29) is 5.91 Å². The van der Waals surface area contributed by atoms with Crippen molar-refractivity contribution in [2.24, 2.45) is 0 Å². The second-order valence-electron chi connectivity index (χ2n) is 4.96. The minimum absolute atomic E-state index is 0.106. The molecule has 1 heterocycles. The van der Waals surface area contributed by atoms with Crippen LogP contribution in [0.2, 0.25) is 5.02 Å². The van der Waals surface area contributed by atoms with Gasteiger partial charge in [0.1, 0.15) is 0 Å². The Morgan fingerprint density at radius 3 is 3.05 bits per heavy atom. The van der Waals surface area contributed by atoms with Gasteiger partial charge in [-0.2, -0.15) is 0 Å². The van der Waals surface area contributed by atoms with E-state index >= 15 is 0 Å². The Labute approximate surface area is 127 Å². The fourth-order valence-corrected chi connectivity index (χ4v) is 2.94. The Hall–Kier alpha value is -0.580. The monoisotopic (exact) mass is 344 g/mol. The number of hydrogen-bond donors (Lipinski definition) is 1. The Kier molecular flexibility index (Phi) is 5.25. The topological polar surface area (TPSA) is 32.3 Å². The Morgan fingerprint density at radius 1 is 1.53 bits per heavy atom. The number of carbonyl (C=O) groups excluding carboxylic acids is 1. The quantitative estimate of drug-likeness (QED) is 0.911. The number of likely N-dealkylation sites (tertiary alicyclic amines) is 1. The van der Waals surface area contributed by atoms with Gasteiger partial charge in [0, 0.05) is 17.1 Å². The lowest BCUT2D eigenvalue weighted by molar-refractivity contribution is 0.0928. The zero-order valence-corrected chi connectivity index (χ0v) is 13.3. The molecule has 0 saturated carbocycles. The number of halogens is 2. The van der Waals surface area contributed by atoms with Gasteiger partial charge in [-0.05, 0) is 44.6 Å². The van der Waals surface area contributed by atoms with Gasteiger partial charge in [0.15, 0.2) is 0 Å². The zero-order chi connectivity index (χ0) is 13.8. The average Bonchev–Trinajstić information content (AvgIpc) is 2.40. The van der Waals surface area contributed by atoms with E-state index in [4.69, 9.17) is 11.6 Å². The third kappa shape index (κ3) is 3.94. The number of carbonyl (C=O) groups is 1. The van der Waals surface area contributed by atoms with Crippen molar-refractivity contribution in [1.82, 2.24) is 10.2 Å². The summed E-state index contributed by atoms with van der Waals surface area (Å²) in [6.07, 6.45) is 3.63. The predicted molar refractivity (Wildman–Crippen MR) is 81.8 cm³/mol. The van der Waals surface area contributed by atoms with Crippen LogP contribution in [-0.4, -0.2) is 37.0 Å². The number of nitrogens with zero attached hydrogens (tertiary/aromatic N) is 1. The van der Waals surface area contributed by atoms with Crippen LogP contribution in [-0.2, 0) is 0 Å². The number of piperidine rings is 1. The van der Waals surface area contributed by atoms with Gasteiger partial charge in [0.05, 0.1) is 10.6 Å². The van der Waals surface area contributed by atoms with Gasteiger partial charge in [-0.3, -0.25) is 4.79 Å². The second-order valence-corrected chi connectivity index (χ2v) is 6.29. The smallest absolute Gasteiger partial charge is 0.252 e. The van der Waals surface area contributed by atoms with Crippen molar-refractivity contribution < 1.29 is 4.79 Å². The van der Waals surface area contributed by atoms with Gasteiger partial charge in [-0.25, -0.2) is 0 Å². The highest BCUT2D eigenvalue weighted by Gasteiger charge is 2.20. The largest absolute Gasteiger partial charge is 0.350 e. The predicted octanol–water partition coefficient (Wildman–Crippen LogP) is 3.32. The SMILES string of the molecule is CN1CCCCC1CNC(=O)c1cc(Br)ccc1Cl. The fourth-order valence-electron chi connectivity index (χ4n) is 2.38. The van der Waals surface area contributed by atoms with Gasteiger partial charge >= 0.3 is 0 Å². The molecule has 1 amide bonds. The molecule has 0 radical (unpaired) electrons. The van der Waals surface area contributed by atoms with E-state index in [1.165, 1.54) is 12.8 Å². The molecular formula is C14H18BrClN2O. The van der Waals surface area contributed by atoms with E-state index in [0.717, 1.165) is 17.4 Å². The minimum Gasteiger partial charge on any atom is -0.350 e. The van der Waals surface area contributed by atoms with Gasteiger partial charge < -0.3 is 10.2 Å². The Morgan fingerprint density at radius 2 is 2.32 bits per heavy atom. The molecule has 3 nitrogen and oxygen atoms in total. The summed E-state index contributed by atoms with van der Waals surface area (Å²) in [7, 11) is 2.11.